The van der Waals surface area contributed by atoms with Gasteiger partial charge in [-0.2, -0.15) is 0 Å². The van der Waals surface area contributed by atoms with Crippen molar-refractivity contribution in [1.29, 1.82) is 0 Å². The lowest BCUT2D eigenvalue weighted by molar-refractivity contribution is -0.131. The standard InChI is InChI=1S/C28H23N3O4S/c32-23-17-16-22(31(23)28(34)35-18-19-10-4-1-5-11-19)26(33)30-27-29-24(20-12-6-2-7-13-20)25(36-27)21-14-8-3-9-15-21/h1-15,22H,16-18H2,(H,29,30,33)/t22-/m0/s1. The summed E-state index contributed by atoms with van der Waals surface area (Å²) in [7, 11) is 0. The van der Waals surface area contributed by atoms with Crippen molar-refractivity contribution < 1.29 is 19.1 Å². The molecule has 1 atom stereocenters. The normalized spacial score (nSPS) is 15.1. The second kappa shape index (κ2) is 10.5. The van der Waals surface area contributed by atoms with E-state index in [0.29, 0.717) is 5.13 Å². The van der Waals surface area contributed by atoms with E-state index in [1.807, 2.05) is 91.0 Å². The first kappa shape index (κ1) is 23.4. The molecule has 180 valence electrons. The minimum atomic E-state index is -0.954. The lowest BCUT2D eigenvalue weighted by Gasteiger charge is -2.21. The van der Waals surface area contributed by atoms with Crippen LogP contribution in [0.1, 0.15) is 18.4 Å². The Morgan fingerprint density at radius 1 is 0.917 bits per heavy atom. The Bertz CT molecular complexity index is 1320. The highest BCUT2D eigenvalue weighted by Gasteiger charge is 2.41. The van der Waals surface area contributed by atoms with Crippen LogP contribution in [-0.4, -0.2) is 33.8 Å². The van der Waals surface area contributed by atoms with Gasteiger partial charge in [-0.05, 0) is 17.5 Å². The Morgan fingerprint density at radius 2 is 1.53 bits per heavy atom. The predicted octanol–water partition coefficient (Wildman–Crippen LogP) is 5.74. The number of carbonyl (C=O) groups excluding carboxylic acids is 3. The zero-order valence-electron chi connectivity index (χ0n) is 19.3. The van der Waals surface area contributed by atoms with Crippen LogP contribution in [0.2, 0.25) is 0 Å². The number of benzene rings is 3. The Kier molecular flexibility index (Phi) is 6.86. The summed E-state index contributed by atoms with van der Waals surface area (Å²) in [6.07, 6.45) is -0.496. The Hall–Kier alpha value is -4.30. The fourth-order valence-electron chi connectivity index (χ4n) is 4.09. The van der Waals surface area contributed by atoms with Gasteiger partial charge >= 0.3 is 6.09 Å². The molecule has 1 N–H and O–H groups in total. The predicted molar refractivity (Wildman–Crippen MR) is 138 cm³/mol. The average Bonchev–Trinajstić information content (AvgIpc) is 3.52. The number of thiazole rings is 1. The largest absolute Gasteiger partial charge is 0.444 e. The average molecular weight is 498 g/mol. The highest BCUT2D eigenvalue weighted by Crippen LogP contribution is 2.39. The third kappa shape index (κ3) is 5.04. The SMILES string of the molecule is O=C(Nc1nc(-c2ccccc2)c(-c2ccccc2)s1)[C@@H]1CCC(=O)N1C(=O)OCc1ccccc1. The maximum atomic E-state index is 13.2. The fourth-order valence-corrected chi connectivity index (χ4v) is 5.08. The van der Waals surface area contributed by atoms with E-state index in [1.165, 1.54) is 11.3 Å². The van der Waals surface area contributed by atoms with Crippen LogP contribution >= 0.6 is 11.3 Å². The molecular weight excluding hydrogens is 474 g/mol. The molecule has 5 rings (SSSR count). The number of hydrogen-bond donors (Lipinski definition) is 1. The summed E-state index contributed by atoms with van der Waals surface area (Å²) in [5, 5.41) is 3.23. The summed E-state index contributed by atoms with van der Waals surface area (Å²) < 4.78 is 5.33. The van der Waals surface area contributed by atoms with E-state index in [4.69, 9.17) is 9.72 Å². The molecule has 0 radical (unpaired) electrons. The second-order valence-electron chi connectivity index (χ2n) is 8.28. The van der Waals surface area contributed by atoms with Gasteiger partial charge in [0.1, 0.15) is 12.6 Å². The van der Waals surface area contributed by atoms with E-state index >= 15 is 0 Å². The Balaban J connectivity index is 1.35. The Labute approximate surface area is 212 Å². The van der Waals surface area contributed by atoms with Crippen molar-refractivity contribution in [1.82, 2.24) is 9.88 Å². The van der Waals surface area contributed by atoms with Crippen LogP contribution in [0.25, 0.3) is 21.7 Å². The molecular formula is C28H23N3O4S. The smallest absolute Gasteiger partial charge is 0.417 e. The molecule has 7 nitrogen and oxygen atoms in total. The number of anilines is 1. The molecule has 0 unspecified atom stereocenters. The van der Waals surface area contributed by atoms with E-state index in [9.17, 15) is 14.4 Å². The number of nitrogens with zero attached hydrogens (tertiary/aromatic N) is 2. The maximum Gasteiger partial charge on any atom is 0.417 e. The molecule has 3 aromatic carbocycles. The summed E-state index contributed by atoms with van der Waals surface area (Å²) in [4.78, 5) is 44.9. The molecule has 4 aromatic rings. The van der Waals surface area contributed by atoms with Gasteiger partial charge in [-0.25, -0.2) is 14.7 Å². The third-order valence-electron chi connectivity index (χ3n) is 5.86. The molecule has 0 saturated carbocycles. The van der Waals surface area contributed by atoms with E-state index in [0.717, 1.165) is 32.2 Å². The minimum absolute atomic E-state index is 0.0190. The first-order valence-corrected chi connectivity index (χ1v) is 12.4. The first-order chi connectivity index (χ1) is 17.6. The van der Waals surface area contributed by atoms with Gasteiger partial charge in [-0.15, -0.1) is 0 Å². The van der Waals surface area contributed by atoms with E-state index < -0.39 is 23.9 Å². The van der Waals surface area contributed by atoms with Crippen molar-refractivity contribution >= 4 is 34.4 Å². The molecule has 1 saturated heterocycles. The molecule has 1 aromatic heterocycles. The number of imide groups is 1. The van der Waals surface area contributed by atoms with Crippen LogP contribution in [0.5, 0.6) is 0 Å². The fraction of sp³-hybridized carbons (Fsp3) is 0.143. The lowest BCUT2D eigenvalue weighted by Crippen LogP contribution is -2.45. The van der Waals surface area contributed by atoms with E-state index in [1.54, 1.807) is 0 Å². The number of nitrogens with one attached hydrogen (secondary N) is 1. The lowest BCUT2D eigenvalue weighted by atomic mass is 10.1. The maximum absolute atomic E-state index is 13.2. The van der Waals surface area contributed by atoms with E-state index in [-0.39, 0.29) is 19.4 Å². The number of likely N-dealkylation sites (tertiary alicyclic amines) is 1. The molecule has 1 aliphatic rings. The molecule has 2 heterocycles. The molecule has 0 spiro atoms. The van der Waals surface area contributed by atoms with Gasteiger partial charge in [0.15, 0.2) is 5.13 Å². The summed E-state index contributed by atoms with van der Waals surface area (Å²) >= 11 is 1.35. The van der Waals surface area contributed by atoms with Gasteiger partial charge in [-0.3, -0.25) is 9.59 Å². The molecule has 1 fully saturated rings. The van der Waals surface area contributed by atoms with Gasteiger partial charge in [-0.1, -0.05) is 102 Å². The highest BCUT2D eigenvalue weighted by molar-refractivity contribution is 7.19. The zero-order chi connectivity index (χ0) is 24.9. The van der Waals surface area contributed by atoms with Crippen molar-refractivity contribution in [3.05, 3.63) is 96.6 Å². The van der Waals surface area contributed by atoms with Gasteiger partial charge in [0.2, 0.25) is 11.8 Å². The van der Waals surface area contributed by atoms with Gasteiger partial charge in [0.05, 0.1) is 10.6 Å². The van der Waals surface area contributed by atoms with Crippen molar-refractivity contribution in [2.45, 2.75) is 25.5 Å². The topological polar surface area (TPSA) is 88.6 Å². The number of rotatable bonds is 6. The van der Waals surface area contributed by atoms with E-state index in [2.05, 4.69) is 5.32 Å². The van der Waals surface area contributed by atoms with Gasteiger partial charge in [0, 0.05) is 12.0 Å². The van der Waals surface area contributed by atoms with Gasteiger partial charge < -0.3 is 10.1 Å². The quantitative estimate of drug-likeness (QED) is 0.367. The van der Waals surface area contributed by atoms with Crippen molar-refractivity contribution in [2.75, 3.05) is 5.32 Å². The Morgan fingerprint density at radius 3 is 2.19 bits per heavy atom. The van der Waals surface area contributed by atoms with Crippen LogP contribution in [-0.2, 0) is 20.9 Å². The van der Waals surface area contributed by atoms with Crippen LogP contribution < -0.4 is 5.32 Å². The summed E-state index contributed by atoms with van der Waals surface area (Å²) in [5.74, 6) is -0.896. The summed E-state index contributed by atoms with van der Waals surface area (Å²) in [6, 6.07) is 27.8. The number of amides is 3. The van der Waals surface area contributed by atoms with Crippen LogP contribution in [0.15, 0.2) is 91.0 Å². The van der Waals surface area contributed by atoms with Crippen molar-refractivity contribution in [3.63, 3.8) is 0 Å². The second-order valence-corrected chi connectivity index (χ2v) is 9.28. The van der Waals surface area contributed by atoms with Crippen molar-refractivity contribution in [2.24, 2.45) is 0 Å². The van der Waals surface area contributed by atoms with Crippen molar-refractivity contribution in [3.8, 4) is 21.7 Å². The van der Waals surface area contributed by atoms with Crippen LogP contribution in [0.3, 0.4) is 0 Å². The number of ether oxygens (including phenoxy) is 1. The minimum Gasteiger partial charge on any atom is -0.444 e. The molecule has 1 aliphatic heterocycles. The zero-order valence-corrected chi connectivity index (χ0v) is 20.1. The molecule has 3 amide bonds. The summed E-state index contributed by atoms with van der Waals surface area (Å²) in [5.41, 5.74) is 3.46. The molecule has 8 heteroatoms. The van der Waals surface area contributed by atoms with Gasteiger partial charge in [0.25, 0.3) is 0 Å². The third-order valence-corrected chi connectivity index (χ3v) is 6.88. The number of hydrogen-bond acceptors (Lipinski definition) is 6. The molecule has 36 heavy (non-hydrogen) atoms. The monoisotopic (exact) mass is 497 g/mol. The molecule has 0 bridgehead atoms. The number of carbonyl (C=O) groups is 3. The first-order valence-electron chi connectivity index (χ1n) is 11.6. The van der Waals surface area contributed by atoms with Crippen LogP contribution in [0.4, 0.5) is 9.93 Å². The number of aromatic nitrogens is 1. The highest BCUT2D eigenvalue weighted by atomic mass is 32.1. The summed E-state index contributed by atoms with van der Waals surface area (Å²) in [6.45, 7) is 0.0190. The van der Waals surface area contributed by atoms with Crippen LogP contribution in [0, 0.1) is 0 Å². The molecule has 0 aliphatic carbocycles.